The molecule has 0 unspecified atom stereocenters. The average Bonchev–Trinajstić information content (AvgIpc) is 2.84. The smallest absolute Gasteiger partial charge is 0.264 e. The molecule has 0 radical (unpaired) electrons. The van der Waals surface area contributed by atoms with E-state index in [2.05, 4.69) is 5.32 Å². The Bertz CT molecular complexity index is 1210. The zero-order chi connectivity index (χ0) is 24.6. The van der Waals surface area contributed by atoms with Gasteiger partial charge in [-0.15, -0.1) is 0 Å². The van der Waals surface area contributed by atoms with Gasteiger partial charge in [0.2, 0.25) is 5.91 Å². The van der Waals surface area contributed by atoms with Gasteiger partial charge in [-0.25, -0.2) is 8.42 Å². The Morgan fingerprint density at radius 1 is 0.882 bits per heavy atom. The van der Waals surface area contributed by atoms with Crippen LogP contribution in [0.5, 0.6) is 11.5 Å². The molecule has 0 saturated heterocycles. The number of sulfonamides is 1. The Balaban J connectivity index is 1.80. The third kappa shape index (κ3) is 6.08. The highest BCUT2D eigenvalue weighted by Crippen LogP contribution is 2.29. The van der Waals surface area contributed by atoms with Crippen molar-refractivity contribution in [2.75, 3.05) is 24.1 Å². The number of benzene rings is 3. The molecule has 0 saturated carbocycles. The molecule has 3 aromatic rings. The minimum absolute atomic E-state index is 0.124. The number of rotatable bonds is 11. The van der Waals surface area contributed by atoms with E-state index in [4.69, 9.17) is 9.47 Å². The topological polar surface area (TPSA) is 84.9 Å². The van der Waals surface area contributed by atoms with Crippen LogP contribution < -0.4 is 19.1 Å². The van der Waals surface area contributed by atoms with Crippen molar-refractivity contribution >= 4 is 21.6 Å². The van der Waals surface area contributed by atoms with Crippen LogP contribution in [0.2, 0.25) is 0 Å². The fraction of sp³-hybridized carbons (Fsp3) is 0.269. The molecule has 0 bridgehead atoms. The zero-order valence-corrected chi connectivity index (χ0v) is 20.5. The summed E-state index contributed by atoms with van der Waals surface area (Å²) in [5.41, 5.74) is 2.03. The average molecular weight is 483 g/mol. The van der Waals surface area contributed by atoms with Crippen molar-refractivity contribution in [1.29, 1.82) is 0 Å². The van der Waals surface area contributed by atoms with Gasteiger partial charge in [0.25, 0.3) is 10.0 Å². The van der Waals surface area contributed by atoms with Gasteiger partial charge in [0.05, 0.1) is 23.8 Å². The van der Waals surface area contributed by atoms with Gasteiger partial charge in [-0.3, -0.25) is 9.10 Å². The summed E-state index contributed by atoms with van der Waals surface area (Å²) in [6, 6.07) is 20.7. The van der Waals surface area contributed by atoms with Crippen molar-refractivity contribution in [2.24, 2.45) is 0 Å². The molecule has 0 aliphatic carbocycles. The molecule has 0 heterocycles. The van der Waals surface area contributed by atoms with Crippen LogP contribution >= 0.6 is 0 Å². The van der Waals surface area contributed by atoms with Crippen molar-refractivity contribution < 1.29 is 22.7 Å². The lowest BCUT2D eigenvalue weighted by Gasteiger charge is -2.25. The van der Waals surface area contributed by atoms with Crippen LogP contribution in [-0.4, -0.2) is 34.1 Å². The molecule has 180 valence electrons. The molecule has 0 spiro atoms. The number of hydrogen-bond acceptors (Lipinski definition) is 5. The Morgan fingerprint density at radius 3 is 2.21 bits per heavy atom. The molecule has 34 heavy (non-hydrogen) atoms. The van der Waals surface area contributed by atoms with Crippen molar-refractivity contribution in [3.05, 3.63) is 83.9 Å². The lowest BCUT2D eigenvalue weighted by molar-refractivity contribution is -0.119. The second-order valence-electron chi connectivity index (χ2n) is 7.54. The number of carbonyl (C=O) groups excluding carboxylic acids is 1. The van der Waals surface area contributed by atoms with E-state index >= 15 is 0 Å². The summed E-state index contributed by atoms with van der Waals surface area (Å²) in [5, 5.41) is 2.82. The lowest BCUT2D eigenvalue weighted by Crippen LogP contribution is -2.41. The SMILES string of the molecule is CCOc1ccc(CNC(=O)CN(c2ccccc2C)S(=O)(=O)c2ccccc2)cc1OCC. The molecule has 0 aliphatic rings. The van der Waals surface area contributed by atoms with Crippen LogP contribution in [0.4, 0.5) is 5.69 Å². The third-order valence-electron chi connectivity index (χ3n) is 5.10. The highest BCUT2D eigenvalue weighted by atomic mass is 32.2. The minimum Gasteiger partial charge on any atom is -0.490 e. The number of nitrogens with one attached hydrogen (secondary N) is 1. The van der Waals surface area contributed by atoms with Crippen LogP contribution in [0.15, 0.2) is 77.7 Å². The van der Waals surface area contributed by atoms with E-state index in [0.29, 0.717) is 30.4 Å². The number of anilines is 1. The van der Waals surface area contributed by atoms with E-state index in [1.165, 1.54) is 12.1 Å². The number of hydrogen-bond donors (Lipinski definition) is 1. The highest BCUT2D eigenvalue weighted by molar-refractivity contribution is 7.92. The number of carbonyl (C=O) groups is 1. The number of ether oxygens (including phenoxy) is 2. The molecule has 0 aliphatic heterocycles. The molecule has 0 atom stereocenters. The minimum atomic E-state index is -3.94. The van der Waals surface area contributed by atoms with Gasteiger partial charge in [-0.1, -0.05) is 42.5 Å². The largest absolute Gasteiger partial charge is 0.490 e. The maximum Gasteiger partial charge on any atom is 0.264 e. The van der Waals surface area contributed by atoms with Crippen LogP contribution in [-0.2, 0) is 21.4 Å². The van der Waals surface area contributed by atoms with Gasteiger partial charge in [0.1, 0.15) is 6.54 Å². The molecule has 3 aromatic carbocycles. The first-order valence-electron chi connectivity index (χ1n) is 11.2. The van der Waals surface area contributed by atoms with Gasteiger partial charge in [-0.05, 0) is 62.2 Å². The summed E-state index contributed by atoms with van der Waals surface area (Å²) < 4.78 is 39.2. The summed E-state index contributed by atoms with van der Waals surface area (Å²) in [5.74, 6) is 0.818. The van der Waals surface area contributed by atoms with Crippen LogP contribution in [0.1, 0.15) is 25.0 Å². The molecular formula is C26H30N2O5S. The fourth-order valence-corrected chi connectivity index (χ4v) is 4.96. The molecule has 7 nitrogen and oxygen atoms in total. The number of aryl methyl sites for hydroxylation is 1. The second kappa shape index (κ2) is 11.6. The summed E-state index contributed by atoms with van der Waals surface area (Å²) in [6.45, 7) is 6.47. The molecule has 0 aromatic heterocycles. The maximum absolute atomic E-state index is 13.4. The van der Waals surface area contributed by atoms with Crippen LogP contribution in [0.25, 0.3) is 0 Å². The number of amides is 1. The van der Waals surface area contributed by atoms with E-state index in [9.17, 15) is 13.2 Å². The molecule has 1 amide bonds. The third-order valence-corrected chi connectivity index (χ3v) is 6.87. The van der Waals surface area contributed by atoms with Crippen LogP contribution in [0, 0.1) is 6.92 Å². The monoisotopic (exact) mass is 482 g/mol. The van der Waals surface area contributed by atoms with E-state index < -0.39 is 15.9 Å². The Hall–Kier alpha value is -3.52. The Morgan fingerprint density at radius 2 is 1.53 bits per heavy atom. The first-order chi connectivity index (χ1) is 16.4. The predicted octanol–water partition coefficient (Wildman–Crippen LogP) is 4.30. The normalized spacial score (nSPS) is 11.0. The van der Waals surface area contributed by atoms with Gasteiger partial charge in [-0.2, -0.15) is 0 Å². The van der Waals surface area contributed by atoms with E-state index in [0.717, 1.165) is 15.4 Å². The zero-order valence-electron chi connectivity index (χ0n) is 19.7. The summed E-state index contributed by atoms with van der Waals surface area (Å²) in [7, 11) is -3.94. The second-order valence-corrected chi connectivity index (χ2v) is 9.40. The molecule has 1 N–H and O–H groups in total. The molecule has 0 fully saturated rings. The highest BCUT2D eigenvalue weighted by Gasteiger charge is 2.28. The molecule has 8 heteroatoms. The first kappa shape index (κ1) is 25.1. The number of para-hydroxylation sites is 1. The lowest BCUT2D eigenvalue weighted by atomic mass is 10.2. The van der Waals surface area contributed by atoms with Gasteiger partial charge in [0.15, 0.2) is 11.5 Å². The van der Waals surface area contributed by atoms with Crippen molar-refractivity contribution in [2.45, 2.75) is 32.2 Å². The van der Waals surface area contributed by atoms with E-state index in [1.54, 1.807) is 36.4 Å². The maximum atomic E-state index is 13.4. The summed E-state index contributed by atoms with van der Waals surface area (Å²) in [4.78, 5) is 13.0. The van der Waals surface area contributed by atoms with Crippen molar-refractivity contribution in [1.82, 2.24) is 5.32 Å². The standard InChI is InChI=1S/C26H30N2O5S/c1-4-32-24-16-15-21(17-25(24)33-5-2)18-27-26(29)19-28(23-14-10-9-11-20(23)3)34(30,31)22-12-7-6-8-13-22/h6-17H,4-5,18-19H2,1-3H3,(H,27,29). The summed E-state index contributed by atoms with van der Waals surface area (Å²) >= 11 is 0. The quantitative estimate of drug-likeness (QED) is 0.440. The molecular weight excluding hydrogens is 452 g/mol. The number of nitrogens with zero attached hydrogens (tertiary/aromatic N) is 1. The fourth-order valence-electron chi connectivity index (χ4n) is 3.46. The van der Waals surface area contributed by atoms with Gasteiger partial charge in [0, 0.05) is 6.54 Å². The van der Waals surface area contributed by atoms with E-state index in [1.807, 2.05) is 45.0 Å². The van der Waals surface area contributed by atoms with Gasteiger partial charge < -0.3 is 14.8 Å². The Kier molecular flexibility index (Phi) is 8.54. The van der Waals surface area contributed by atoms with E-state index in [-0.39, 0.29) is 18.0 Å². The predicted molar refractivity (Wildman–Crippen MR) is 133 cm³/mol. The Labute approximate surface area is 201 Å². The van der Waals surface area contributed by atoms with Crippen molar-refractivity contribution in [3.8, 4) is 11.5 Å². The van der Waals surface area contributed by atoms with Gasteiger partial charge >= 0.3 is 0 Å². The summed E-state index contributed by atoms with van der Waals surface area (Å²) in [6.07, 6.45) is 0. The molecule has 3 rings (SSSR count). The first-order valence-corrected chi connectivity index (χ1v) is 12.6. The van der Waals surface area contributed by atoms with Crippen molar-refractivity contribution in [3.63, 3.8) is 0 Å². The van der Waals surface area contributed by atoms with Crippen LogP contribution in [0.3, 0.4) is 0 Å².